The molecule has 0 radical (unpaired) electrons. The van der Waals surface area contributed by atoms with Crippen LogP contribution in [0.5, 0.6) is 11.5 Å². The van der Waals surface area contributed by atoms with Crippen LogP contribution in [0, 0.1) is 0 Å². The van der Waals surface area contributed by atoms with Gasteiger partial charge >= 0.3 is 5.97 Å². The molecule has 3 nitrogen and oxygen atoms in total. The van der Waals surface area contributed by atoms with Gasteiger partial charge in [-0.1, -0.05) is 31.9 Å². The zero-order chi connectivity index (χ0) is 15.1. The molecule has 0 aromatic heterocycles. The average Bonchev–Trinajstić information content (AvgIpc) is 2.48. The van der Waals surface area contributed by atoms with Crippen molar-refractivity contribution in [2.75, 3.05) is 6.61 Å². The summed E-state index contributed by atoms with van der Waals surface area (Å²) < 4.78 is 12.7. The van der Waals surface area contributed by atoms with E-state index in [0.29, 0.717) is 25.2 Å². The van der Waals surface area contributed by atoms with Gasteiger partial charge in [-0.25, -0.2) is 0 Å². The molecule has 0 aliphatic heterocycles. The van der Waals surface area contributed by atoms with Crippen LogP contribution >= 0.6 is 31.9 Å². The molecule has 0 N–H and O–H groups in total. The van der Waals surface area contributed by atoms with E-state index in [-0.39, 0.29) is 5.97 Å². The molecule has 0 saturated heterocycles. The normalized spacial score (nSPS) is 10.2. The Bertz CT molecular complexity index is 579. The average molecular weight is 414 g/mol. The van der Waals surface area contributed by atoms with Crippen molar-refractivity contribution >= 4 is 37.8 Å². The molecular formula is C16H14Br2O3. The van der Waals surface area contributed by atoms with Gasteiger partial charge in [-0.15, -0.1) is 0 Å². The van der Waals surface area contributed by atoms with Crippen molar-refractivity contribution in [2.24, 2.45) is 0 Å². The number of hydrogen-bond acceptors (Lipinski definition) is 3. The van der Waals surface area contributed by atoms with Gasteiger partial charge in [-0.05, 0) is 55.0 Å². The quantitative estimate of drug-likeness (QED) is 0.380. The van der Waals surface area contributed by atoms with E-state index in [0.717, 1.165) is 14.7 Å². The van der Waals surface area contributed by atoms with Crippen LogP contribution in [0.25, 0.3) is 0 Å². The van der Waals surface area contributed by atoms with Crippen molar-refractivity contribution in [2.45, 2.75) is 12.8 Å². The summed E-state index contributed by atoms with van der Waals surface area (Å²) in [4.78, 5) is 11.7. The monoisotopic (exact) mass is 412 g/mol. The van der Waals surface area contributed by atoms with Gasteiger partial charge in [0, 0.05) is 15.4 Å². The minimum Gasteiger partial charge on any atom is -0.494 e. The molecule has 0 atom stereocenters. The number of esters is 1. The minimum atomic E-state index is -0.253. The molecule has 0 amide bonds. The second-order valence-electron chi connectivity index (χ2n) is 4.33. The highest BCUT2D eigenvalue weighted by molar-refractivity contribution is 9.10. The molecular weight excluding hydrogens is 400 g/mol. The summed E-state index contributed by atoms with van der Waals surface area (Å²) >= 11 is 6.69. The Morgan fingerprint density at radius 2 is 1.38 bits per heavy atom. The lowest BCUT2D eigenvalue weighted by Gasteiger charge is -2.06. The summed E-state index contributed by atoms with van der Waals surface area (Å²) in [5.41, 5.74) is 0. The number of rotatable bonds is 6. The molecule has 0 fully saturated rings. The number of ether oxygens (including phenoxy) is 2. The highest BCUT2D eigenvalue weighted by Crippen LogP contribution is 2.18. The van der Waals surface area contributed by atoms with Crippen LogP contribution in [0.4, 0.5) is 0 Å². The summed E-state index contributed by atoms with van der Waals surface area (Å²) in [6.45, 7) is 0.483. The maximum absolute atomic E-state index is 11.7. The lowest BCUT2D eigenvalue weighted by atomic mass is 10.3. The molecule has 2 rings (SSSR count). The zero-order valence-corrected chi connectivity index (χ0v) is 14.4. The summed E-state index contributed by atoms with van der Waals surface area (Å²) in [7, 11) is 0. The lowest BCUT2D eigenvalue weighted by Crippen LogP contribution is -2.09. The number of halogens is 2. The second kappa shape index (κ2) is 8.20. The SMILES string of the molecule is O=C(CCCOc1ccc(Br)cc1)Oc1ccc(Br)cc1. The highest BCUT2D eigenvalue weighted by Gasteiger charge is 2.05. The van der Waals surface area contributed by atoms with Crippen LogP contribution in [0.15, 0.2) is 57.5 Å². The fraction of sp³-hybridized carbons (Fsp3) is 0.188. The molecule has 0 unspecified atom stereocenters. The number of carbonyl (C=O) groups is 1. The van der Waals surface area contributed by atoms with E-state index in [9.17, 15) is 4.79 Å². The van der Waals surface area contributed by atoms with E-state index in [1.54, 1.807) is 12.1 Å². The molecule has 0 aliphatic rings. The lowest BCUT2D eigenvalue weighted by molar-refractivity contribution is -0.134. The fourth-order valence-electron chi connectivity index (χ4n) is 1.62. The van der Waals surface area contributed by atoms with Crippen LogP contribution < -0.4 is 9.47 Å². The van der Waals surface area contributed by atoms with Gasteiger partial charge in [0.2, 0.25) is 0 Å². The largest absolute Gasteiger partial charge is 0.494 e. The first-order chi connectivity index (χ1) is 10.1. The van der Waals surface area contributed by atoms with Gasteiger partial charge in [0.25, 0.3) is 0 Å². The Kier molecular flexibility index (Phi) is 6.26. The van der Waals surface area contributed by atoms with Crippen molar-refractivity contribution in [3.8, 4) is 11.5 Å². The van der Waals surface area contributed by atoms with Crippen LogP contribution in [-0.2, 0) is 4.79 Å². The maximum atomic E-state index is 11.7. The summed E-state index contributed by atoms with van der Waals surface area (Å²) in [5.74, 6) is 1.09. The molecule has 0 saturated carbocycles. The minimum absolute atomic E-state index is 0.253. The molecule has 0 bridgehead atoms. The maximum Gasteiger partial charge on any atom is 0.311 e. The first-order valence-corrected chi connectivity index (χ1v) is 8.07. The van der Waals surface area contributed by atoms with Crippen LogP contribution in [0.2, 0.25) is 0 Å². The van der Waals surface area contributed by atoms with E-state index in [1.807, 2.05) is 36.4 Å². The summed E-state index contributed by atoms with van der Waals surface area (Å²) in [5, 5.41) is 0. The smallest absolute Gasteiger partial charge is 0.311 e. The Morgan fingerprint density at radius 1 is 0.857 bits per heavy atom. The van der Waals surface area contributed by atoms with E-state index in [4.69, 9.17) is 9.47 Å². The molecule has 2 aromatic carbocycles. The molecule has 0 aliphatic carbocycles. The molecule has 0 spiro atoms. The predicted molar refractivity (Wildman–Crippen MR) is 88.6 cm³/mol. The predicted octanol–water partition coefficient (Wildman–Crippen LogP) is 4.98. The van der Waals surface area contributed by atoms with E-state index >= 15 is 0 Å². The first kappa shape index (κ1) is 16.0. The van der Waals surface area contributed by atoms with Gasteiger partial charge in [-0.2, -0.15) is 0 Å². The Labute approximate surface area is 140 Å². The van der Waals surface area contributed by atoms with Gasteiger partial charge in [0.15, 0.2) is 0 Å². The number of benzene rings is 2. The molecule has 110 valence electrons. The molecule has 21 heavy (non-hydrogen) atoms. The van der Waals surface area contributed by atoms with Crippen molar-refractivity contribution < 1.29 is 14.3 Å². The third-order valence-corrected chi connectivity index (χ3v) is 3.71. The third kappa shape index (κ3) is 5.89. The molecule has 2 aromatic rings. The van der Waals surface area contributed by atoms with Crippen LogP contribution in [-0.4, -0.2) is 12.6 Å². The van der Waals surface area contributed by atoms with E-state index in [1.165, 1.54) is 0 Å². The van der Waals surface area contributed by atoms with E-state index in [2.05, 4.69) is 31.9 Å². The topological polar surface area (TPSA) is 35.5 Å². The number of carbonyl (C=O) groups excluding carboxylic acids is 1. The summed E-state index contributed by atoms with van der Waals surface area (Å²) in [6, 6.07) is 14.8. The van der Waals surface area contributed by atoms with Crippen molar-refractivity contribution in [1.82, 2.24) is 0 Å². The fourth-order valence-corrected chi connectivity index (χ4v) is 2.15. The van der Waals surface area contributed by atoms with E-state index < -0.39 is 0 Å². The van der Waals surface area contributed by atoms with Crippen molar-refractivity contribution in [3.05, 3.63) is 57.5 Å². The van der Waals surface area contributed by atoms with Crippen molar-refractivity contribution in [3.63, 3.8) is 0 Å². The third-order valence-electron chi connectivity index (χ3n) is 2.65. The standard InChI is InChI=1S/C16H14Br2O3/c17-12-3-7-14(8-4-12)20-11-1-2-16(19)21-15-9-5-13(18)6-10-15/h3-10H,1-2,11H2. The Balaban J connectivity index is 1.67. The van der Waals surface area contributed by atoms with Gasteiger partial charge in [0.1, 0.15) is 11.5 Å². The van der Waals surface area contributed by atoms with Gasteiger partial charge in [-0.3, -0.25) is 4.79 Å². The van der Waals surface area contributed by atoms with Crippen LogP contribution in [0.3, 0.4) is 0 Å². The number of hydrogen-bond donors (Lipinski definition) is 0. The Hall–Kier alpha value is -1.33. The first-order valence-electron chi connectivity index (χ1n) is 6.48. The Morgan fingerprint density at radius 3 is 1.95 bits per heavy atom. The molecule has 0 heterocycles. The summed E-state index contributed by atoms with van der Waals surface area (Å²) in [6.07, 6.45) is 0.942. The second-order valence-corrected chi connectivity index (χ2v) is 6.17. The van der Waals surface area contributed by atoms with Gasteiger partial charge in [0.05, 0.1) is 6.61 Å². The highest BCUT2D eigenvalue weighted by atomic mass is 79.9. The zero-order valence-electron chi connectivity index (χ0n) is 11.2. The van der Waals surface area contributed by atoms with Crippen LogP contribution in [0.1, 0.15) is 12.8 Å². The van der Waals surface area contributed by atoms with Gasteiger partial charge < -0.3 is 9.47 Å². The molecule has 5 heteroatoms. The van der Waals surface area contributed by atoms with Crippen molar-refractivity contribution in [1.29, 1.82) is 0 Å².